The maximum atomic E-state index is 13.6. The van der Waals surface area contributed by atoms with E-state index >= 15 is 0 Å². The maximum absolute atomic E-state index is 13.6. The molecule has 0 saturated carbocycles. The van der Waals surface area contributed by atoms with Crippen molar-refractivity contribution in [2.75, 3.05) is 44.2 Å². The average molecular weight is 731 g/mol. The number of nitrogens with one attached hydrogen (secondary N) is 2. The van der Waals surface area contributed by atoms with Crippen molar-refractivity contribution >= 4 is 34.3 Å². The molecule has 3 fully saturated rings. The first-order valence-electron chi connectivity index (χ1n) is 18.8. The van der Waals surface area contributed by atoms with E-state index in [9.17, 15) is 19.8 Å². The van der Waals surface area contributed by atoms with Crippen LogP contribution in [0.3, 0.4) is 0 Å². The number of rotatable bonds is 18. The van der Waals surface area contributed by atoms with Gasteiger partial charge in [0.05, 0.1) is 24.8 Å². The number of aromatic nitrogens is 1. The minimum atomic E-state index is -0.745. The van der Waals surface area contributed by atoms with Crippen LogP contribution in [0.2, 0.25) is 5.02 Å². The number of amides is 1. The van der Waals surface area contributed by atoms with E-state index in [-0.39, 0.29) is 23.5 Å². The smallest absolute Gasteiger partial charge is 0.414 e. The molecule has 278 valence electrons. The van der Waals surface area contributed by atoms with Gasteiger partial charge in [0.2, 0.25) is 5.56 Å². The number of anilines is 1. The summed E-state index contributed by atoms with van der Waals surface area (Å²) in [5.41, 5.74) is 2.39. The molecular formula is C41H51ClN4O6. The van der Waals surface area contributed by atoms with Gasteiger partial charge >= 0.3 is 6.09 Å². The summed E-state index contributed by atoms with van der Waals surface area (Å²) in [7, 11) is 0. The van der Waals surface area contributed by atoms with Crippen LogP contribution < -0.4 is 20.5 Å². The van der Waals surface area contributed by atoms with Crippen molar-refractivity contribution in [1.82, 2.24) is 15.2 Å². The summed E-state index contributed by atoms with van der Waals surface area (Å²) in [6.07, 6.45) is 8.70. The molecule has 1 amide bonds. The molecule has 4 N–H and O–H groups in total. The number of carbonyl (C=O) groups is 1. The lowest BCUT2D eigenvalue weighted by Crippen LogP contribution is -2.53. The Morgan fingerprint density at radius 1 is 0.962 bits per heavy atom. The molecule has 11 heteroatoms. The monoisotopic (exact) mass is 730 g/mol. The number of halogens is 1. The predicted molar refractivity (Wildman–Crippen MR) is 205 cm³/mol. The molecule has 10 nitrogen and oxygen atoms in total. The van der Waals surface area contributed by atoms with Gasteiger partial charge in [0.15, 0.2) is 0 Å². The lowest BCUT2D eigenvalue weighted by Gasteiger charge is -2.44. The summed E-state index contributed by atoms with van der Waals surface area (Å²) in [4.78, 5) is 31.9. The minimum Gasteiger partial charge on any atom is -0.506 e. The van der Waals surface area contributed by atoms with Gasteiger partial charge in [0.25, 0.3) is 0 Å². The number of aromatic amines is 1. The Morgan fingerprint density at radius 2 is 1.73 bits per heavy atom. The van der Waals surface area contributed by atoms with Crippen molar-refractivity contribution in [1.29, 1.82) is 0 Å². The standard InChI is InChI=1S/C41H51ClN4O6/c42-31-11-9-12-32(25-31)46(41(50)52-38-28-45-21-18-30(38)19-22-45)27-29-10-8-13-33(24-29)51-23-7-5-3-1-2-4-6-20-43-26-37(48)34-14-16-36(47)40-35(34)15-17-39(49)44-40/h8-17,24-25,30,37-38,43,47-48H,1-7,18-23,26-28H2,(H,44,49)/t37-,38-/m0/s1. The SMILES string of the molecule is O=C(O[C@H]1CN2CCC1CC2)N(Cc1cccc(OCCCCCCCCCNC[C@H](O)c2ccc(O)c3[nH]c(=O)ccc23)c1)c1cccc(Cl)c1. The number of fused-ring (bicyclic) bond motifs is 4. The number of benzene rings is 3. The Balaban J connectivity index is 0.863. The molecule has 0 aliphatic carbocycles. The van der Waals surface area contributed by atoms with Crippen LogP contribution in [-0.2, 0) is 11.3 Å². The van der Waals surface area contributed by atoms with E-state index in [0.29, 0.717) is 52.8 Å². The minimum absolute atomic E-state index is 0.0111. The number of pyridine rings is 1. The van der Waals surface area contributed by atoms with E-state index in [1.54, 1.807) is 29.2 Å². The van der Waals surface area contributed by atoms with Crippen LogP contribution in [0, 0.1) is 5.92 Å². The van der Waals surface area contributed by atoms with Crippen LogP contribution >= 0.6 is 11.6 Å². The highest BCUT2D eigenvalue weighted by molar-refractivity contribution is 6.30. The molecule has 3 aliphatic heterocycles. The summed E-state index contributed by atoms with van der Waals surface area (Å²) in [6, 6.07) is 21.5. The third-order valence-corrected chi connectivity index (χ3v) is 10.5. The van der Waals surface area contributed by atoms with E-state index in [4.69, 9.17) is 21.1 Å². The predicted octanol–water partition coefficient (Wildman–Crippen LogP) is 7.56. The van der Waals surface area contributed by atoms with Crippen LogP contribution in [0.4, 0.5) is 10.5 Å². The van der Waals surface area contributed by atoms with Gasteiger partial charge in [-0.2, -0.15) is 0 Å². The fourth-order valence-electron chi connectivity index (χ4n) is 7.38. The highest BCUT2D eigenvalue weighted by atomic mass is 35.5. The first-order chi connectivity index (χ1) is 25.3. The molecule has 52 heavy (non-hydrogen) atoms. The molecular weight excluding hydrogens is 680 g/mol. The summed E-state index contributed by atoms with van der Waals surface area (Å²) >= 11 is 6.32. The van der Waals surface area contributed by atoms with Crippen LogP contribution in [0.25, 0.3) is 10.9 Å². The lowest BCUT2D eigenvalue weighted by molar-refractivity contribution is -0.0311. The molecule has 0 unspecified atom stereocenters. The number of H-pyrrole nitrogens is 1. The van der Waals surface area contributed by atoms with E-state index in [0.717, 1.165) is 88.9 Å². The zero-order valence-corrected chi connectivity index (χ0v) is 30.5. The number of hydrogen-bond acceptors (Lipinski definition) is 8. The summed E-state index contributed by atoms with van der Waals surface area (Å²) in [5.74, 6) is 1.21. The fourth-order valence-corrected chi connectivity index (χ4v) is 7.57. The van der Waals surface area contributed by atoms with Crippen LogP contribution in [0.1, 0.15) is 75.0 Å². The number of aromatic hydroxyl groups is 1. The van der Waals surface area contributed by atoms with E-state index in [2.05, 4.69) is 15.2 Å². The Morgan fingerprint density at radius 3 is 2.50 bits per heavy atom. The summed E-state index contributed by atoms with van der Waals surface area (Å²) in [5, 5.41) is 25.3. The number of aliphatic hydroxyl groups excluding tert-OH is 1. The molecule has 2 atom stereocenters. The van der Waals surface area contributed by atoms with Crippen molar-refractivity contribution in [3.63, 3.8) is 0 Å². The number of unbranched alkanes of at least 4 members (excludes halogenated alkanes) is 6. The fraction of sp³-hybridized carbons (Fsp3) is 0.463. The molecule has 4 aromatic rings. The molecule has 2 bridgehead atoms. The number of nitrogens with zero attached hydrogens (tertiary/aromatic N) is 2. The second-order valence-corrected chi connectivity index (χ2v) is 14.5. The van der Waals surface area contributed by atoms with Crippen LogP contribution in [-0.4, -0.2) is 71.6 Å². The quantitative estimate of drug-likeness (QED) is 0.0773. The summed E-state index contributed by atoms with van der Waals surface area (Å²) in [6.45, 7) is 5.19. The van der Waals surface area contributed by atoms with Gasteiger partial charge in [-0.15, -0.1) is 0 Å². The van der Waals surface area contributed by atoms with Gasteiger partial charge in [-0.1, -0.05) is 68.0 Å². The zero-order chi connectivity index (χ0) is 36.3. The second-order valence-electron chi connectivity index (χ2n) is 14.1. The second kappa shape index (κ2) is 18.6. The molecule has 3 saturated heterocycles. The molecule has 4 heterocycles. The topological polar surface area (TPSA) is 127 Å². The highest BCUT2D eigenvalue weighted by Gasteiger charge is 2.37. The first kappa shape index (κ1) is 37.7. The summed E-state index contributed by atoms with van der Waals surface area (Å²) < 4.78 is 12.2. The highest BCUT2D eigenvalue weighted by Crippen LogP contribution is 2.32. The van der Waals surface area contributed by atoms with Gasteiger partial charge in [-0.3, -0.25) is 14.6 Å². The van der Waals surface area contributed by atoms with Crippen molar-refractivity contribution < 1.29 is 24.5 Å². The number of ether oxygens (including phenoxy) is 2. The third-order valence-electron chi connectivity index (χ3n) is 10.3. The third kappa shape index (κ3) is 10.3. The van der Waals surface area contributed by atoms with Gasteiger partial charge < -0.3 is 30.0 Å². The van der Waals surface area contributed by atoms with E-state index < -0.39 is 6.10 Å². The van der Waals surface area contributed by atoms with Gasteiger partial charge in [-0.25, -0.2) is 4.79 Å². The number of aliphatic hydroxyl groups is 1. The largest absolute Gasteiger partial charge is 0.506 e. The zero-order valence-electron chi connectivity index (χ0n) is 29.8. The van der Waals surface area contributed by atoms with Gasteiger partial charge in [-0.05, 0) is 105 Å². The molecule has 0 spiro atoms. The molecule has 1 aromatic heterocycles. The Hall–Kier alpha value is -4.09. The number of phenols is 1. The van der Waals surface area contributed by atoms with E-state index in [1.807, 2.05) is 36.4 Å². The number of carbonyl (C=O) groups excluding carboxylic acids is 1. The van der Waals surface area contributed by atoms with Crippen molar-refractivity contribution in [2.24, 2.45) is 5.92 Å². The molecule has 7 rings (SSSR count). The Bertz CT molecular complexity index is 1830. The number of phenolic OH excluding ortho intramolecular Hbond substituents is 1. The average Bonchev–Trinajstić information content (AvgIpc) is 3.15. The molecule has 0 radical (unpaired) electrons. The molecule has 3 aliphatic rings. The van der Waals surface area contributed by atoms with Crippen LogP contribution in [0.5, 0.6) is 11.5 Å². The Labute approximate surface area is 310 Å². The van der Waals surface area contributed by atoms with Gasteiger partial charge in [0.1, 0.15) is 17.6 Å². The van der Waals surface area contributed by atoms with Crippen molar-refractivity contribution in [2.45, 2.75) is 76.5 Å². The van der Waals surface area contributed by atoms with Crippen LogP contribution in [0.15, 0.2) is 77.6 Å². The Kier molecular flexibility index (Phi) is 13.5. The van der Waals surface area contributed by atoms with Gasteiger partial charge in [0, 0.05) is 35.3 Å². The number of hydrogen-bond donors (Lipinski definition) is 4. The molecule has 3 aromatic carbocycles. The van der Waals surface area contributed by atoms with Crippen molar-refractivity contribution in [3.05, 3.63) is 99.3 Å². The lowest BCUT2D eigenvalue weighted by atomic mass is 9.86. The number of piperidine rings is 3. The van der Waals surface area contributed by atoms with E-state index in [1.165, 1.54) is 18.6 Å². The van der Waals surface area contributed by atoms with Crippen molar-refractivity contribution in [3.8, 4) is 11.5 Å². The first-order valence-corrected chi connectivity index (χ1v) is 19.1. The normalized spacial score (nSPS) is 18.7. The maximum Gasteiger partial charge on any atom is 0.414 e.